The summed E-state index contributed by atoms with van der Waals surface area (Å²) in [5.74, 6) is -1.57. The Kier molecular flexibility index (Phi) is 7.32. The zero-order valence-corrected chi connectivity index (χ0v) is 21.0. The number of aryl methyl sites for hydroxylation is 1. The molecule has 0 radical (unpaired) electrons. The van der Waals surface area contributed by atoms with Crippen molar-refractivity contribution in [3.05, 3.63) is 88.5 Å². The molecule has 1 N–H and O–H groups in total. The number of nitrogens with zero attached hydrogens (tertiary/aromatic N) is 2. The van der Waals surface area contributed by atoms with Gasteiger partial charge in [-0.1, -0.05) is 29.0 Å². The number of sulfonamides is 1. The largest absolute Gasteiger partial charge is 0.465 e. The minimum Gasteiger partial charge on any atom is -0.465 e. The zero-order valence-electron chi connectivity index (χ0n) is 19.4. The van der Waals surface area contributed by atoms with Crippen LogP contribution < -0.4 is 9.52 Å². The van der Waals surface area contributed by atoms with Crippen molar-refractivity contribution >= 4 is 49.1 Å². The molecule has 11 heteroatoms. The zero-order chi connectivity index (χ0) is 25.9. The summed E-state index contributed by atoms with van der Waals surface area (Å²) < 4.78 is 48.4. The van der Waals surface area contributed by atoms with Gasteiger partial charge in [-0.15, -0.1) is 0 Å². The van der Waals surface area contributed by atoms with Crippen LogP contribution in [0.2, 0.25) is 0 Å². The Labute approximate surface area is 210 Å². The Morgan fingerprint density at radius 3 is 2.42 bits per heavy atom. The smallest absolute Gasteiger partial charge is 0.326 e. The highest BCUT2D eigenvalue weighted by molar-refractivity contribution is 7.92. The third kappa shape index (κ3) is 5.69. The van der Waals surface area contributed by atoms with Crippen LogP contribution in [0, 0.1) is 12.7 Å². The summed E-state index contributed by atoms with van der Waals surface area (Å²) >= 11 is 1.07. The number of hydrogen-bond donors (Lipinski definition) is 1. The average molecular weight is 528 g/mol. The van der Waals surface area contributed by atoms with E-state index in [4.69, 9.17) is 4.74 Å². The minimum atomic E-state index is -3.79. The van der Waals surface area contributed by atoms with Crippen LogP contribution >= 0.6 is 11.3 Å². The number of hydrogen-bond acceptors (Lipinski definition) is 6. The normalized spacial score (nSPS) is 12.0. The van der Waals surface area contributed by atoms with Gasteiger partial charge in [-0.3, -0.25) is 14.3 Å². The lowest BCUT2D eigenvalue weighted by atomic mass is 10.2. The first-order chi connectivity index (χ1) is 17.2. The Balaban J connectivity index is 1.61. The second-order valence-corrected chi connectivity index (χ2v) is 10.5. The lowest BCUT2D eigenvalue weighted by molar-refractivity contribution is -0.143. The second-order valence-electron chi connectivity index (χ2n) is 7.80. The molecule has 1 heterocycles. The van der Waals surface area contributed by atoms with Gasteiger partial charge in [-0.2, -0.15) is 4.99 Å². The van der Waals surface area contributed by atoms with Gasteiger partial charge in [0.25, 0.3) is 15.9 Å². The second kappa shape index (κ2) is 10.4. The minimum absolute atomic E-state index is 0.121. The third-order valence-electron chi connectivity index (χ3n) is 5.15. The van der Waals surface area contributed by atoms with E-state index in [0.717, 1.165) is 16.9 Å². The highest BCUT2D eigenvalue weighted by Gasteiger charge is 2.16. The Bertz CT molecular complexity index is 1610. The van der Waals surface area contributed by atoms with E-state index >= 15 is 0 Å². The molecule has 0 aliphatic rings. The highest BCUT2D eigenvalue weighted by Crippen LogP contribution is 2.20. The molecule has 3 aromatic carbocycles. The monoisotopic (exact) mass is 527 g/mol. The van der Waals surface area contributed by atoms with E-state index in [-0.39, 0.29) is 34.1 Å². The number of rotatable bonds is 7. The van der Waals surface area contributed by atoms with E-state index in [1.807, 2.05) is 6.92 Å². The van der Waals surface area contributed by atoms with Gasteiger partial charge in [0.05, 0.1) is 21.7 Å². The number of amides is 1. The number of nitrogens with one attached hydrogen (secondary N) is 1. The van der Waals surface area contributed by atoms with Crippen LogP contribution in [0.25, 0.3) is 10.2 Å². The lowest BCUT2D eigenvalue weighted by Gasteiger charge is -2.08. The molecule has 0 fully saturated rings. The summed E-state index contributed by atoms with van der Waals surface area (Å²) in [6.07, 6.45) is 0. The molecular formula is C25H22FN3O5S2. The Morgan fingerprint density at radius 2 is 1.75 bits per heavy atom. The number of esters is 1. The average Bonchev–Trinajstić information content (AvgIpc) is 3.15. The first-order valence-electron chi connectivity index (χ1n) is 10.9. The number of fused-ring (bicyclic) bond motifs is 1. The molecular weight excluding hydrogens is 505 g/mol. The molecule has 8 nitrogen and oxygen atoms in total. The van der Waals surface area contributed by atoms with Gasteiger partial charge < -0.3 is 9.30 Å². The molecule has 0 aliphatic carbocycles. The predicted octanol–water partition coefficient (Wildman–Crippen LogP) is 4.26. The molecule has 4 aromatic rings. The summed E-state index contributed by atoms with van der Waals surface area (Å²) in [7, 11) is -3.79. The number of thiazole rings is 1. The molecule has 1 amide bonds. The van der Waals surface area contributed by atoms with Gasteiger partial charge in [0.15, 0.2) is 4.80 Å². The SMILES string of the molecule is CCOC(=O)Cn1c(=NC(=O)c2ccc(NS(=O)(=O)c3ccc(C)cc3)cc2)sc2cc(F)ccc21. The maximum atomic E-state index is 13.7. The topological polar surface area (TPSA) is 107 Å². The van der Waals surface area contributed by atoms with Crippen LogP contribution in [0.1, 0.15) is 22.8 Å². The summed E-state index contributed by atoms with van der Waals surface area (Å²) in [5.41, 5.74) is 1.97. The van der Waals surface area contributed by atoms with Crippen molar-refractivity contribution in [3.63, 3.8) is 0 Å². The van der Waals surface area contributed by atoms with Crippen molar-refractivity contribution in [2.24, 2.45) is 4.99 Å². The molecule has 0 aliphatic heterocycles. The van der Waals surface area contributed by atoms with E-state index in [0.29, 0.717) is 10.2 Å². The van der Waals surface area contributed by atoms with Crippen LogP contribution in [0.3, 0.4) is 0 Å². The highest BCUT2D eigenvalue weighted by atomic mass is 32.2. The van der Waals surface area contributed by atoms with E-state index in [1.165, 1.54) is 59.2 Å². The standard InChI is InChI=1S/C25H22FN3O5S2/c1-3-34-23(30)15-29-21-13-8-18(26)14-22(21)35-25(29)27-24(31)17-6-9-19(10-7-17)28-36(32,33)20-11-4-16(2)5-12-20/h4-14,28H,3,15H2,1-2H3. The van der Waals surface area contributed by atoms with E-state index < -0.39 is 27.7 Å². The molecule has 0 saturated heterocycles. The van der Waals surface area contributed by atoms with Crippen molar-refractivity contribution in [3.8, 4) is 0 Å². The molecule has 36 heavy (non-hydrogen) atoms. The van der Waals surface area contributed by atoms with E-state index in [9.17, 15) is 22.4 Å². The fraction of sp³-hybridized carbons (Fsp3) is 0.160. The fourth-order valence-corrected chi connectivity index (χ4v) is 5.50. The number of carbonyl (C=O) groups excluding carboxylic acids is 2. The van der Waals surface area contributed by atoms with Gasteiger partial charge in [0, 0.05) is 11.3 Å². The van der Waals surface area contributed by atoms with Crippen LogP contribution in [-0.2, 0) is 26.1 Å². The summed E-state index contributed by atoms with van der Waals surface area (Å²) in [5, 5.41) is 0. The summed E-state index contributed by atoms with van der Waals surface area (Å²) in [6, 6.07) is 16.3. The molecule has 0 unspecified atom stereocenters. The number of anilines is 1. The van der Waals surface area contributed by atoms with Crippen molar-refractivity contribution in [1.29, 1.82) is 0 Å². The first kappa shape index (κ1) is 25.3. The van der Waals surface area contributed by atoms with Gasteiger partial charge in [0.2, 0.25) is 0 Å². The molecule has 0 atom stereocenters. The van der Waals surface area contributed by atoms with Crippen LogP contribution in [0.4, 0.5) is 10.1 Å². The molecule has 186 valence electrons. The maximum Gasteiger partial charge on any atom is 0.326 e. The molecule has 4 rings (SSSR count). The van der Waals surface area contributed by atoms with Crippen LogP contribution in [0.5, 0.6) is 0 Å². The fourth-order valence-electron chi connectivity index (χ4n) is 3.38. The first-order valence-corrected chi connectivity index (χ1v) is 13.2. The number of benzene rings is 3. The number of ether oxygens (including phenoxy) is 1. The van der Waals surface area contributed by atoms with Crippen LogP contribution in [-0.4, -0.2) is 31.5 Å². The van der Waals surface area contributed by atoms with Gasteiger partial charge in [-0.05, 0) is 68.4 Å². The molecule has 0 bridgehead atoms. The Hall–Kier alpha value is -3.83. The van der Waals surface area contributed by atoms with Gasteiger partial charge >= 0.3 is 5.97 Å². The lowest BCUT2D eigenvalue weighted by Crippen LogP contribution is -2.23. The number of aromatic nitrogens is 1. The Morgan fingerprint density at radius 1 is 1.06 bits per heavy atom. The van der Waals surface area contributed by atoms with Gasteiger partial charge in [0.1, 0.15) is 12.4 Å². The molecule has 1 aromatic heterocycles. The van der Waals surface area contributed by atoms with Crippen molar-refractivity contribution in [1.82, 2.24) is 4.57 Å². The van der Waals surface area contributed by atoms with Crippen molar-refractivity contribution in [2.45, 2.75) is 25.3 Å². The van der Waals surface area contributed by atoms with E-state index in [2.05, 4.69) is 9.71 Å². The summed E-state index contributed by atoms with van der Waals surface area (Å²) in [4.78, 5) is 29.4. The van der Waals surface area contributed by atoms with Crippen molar-refractivity contribution < 1.29 is 27.1 Å². The predicted molar refractivity (Wildman–Crippen MR) is 135 cm³/mol. The molecule has 0 spiro atoms. The third-order valence-corrected chi connectivity index (χ3v) is 7.59. The van der Waals surface area contributed by atoms with Crippen molar-refractivity contribution in [2.75, 3.05) is 11.3 Å². The molecule has 0 saturated carbocycles. The summed E-state index contributed by atoms with van der Waals surface area (Å²) in [6.45, 7) is 3.55. The van der Waals surface area contributed by atoms with E-state index in [1.54, 1.807) is 19.1 Å². The maximum absolute atomic E-state index is 13.7. The van der Waals surface area contributed by atoms with Crippen LogP contribution in [0.15, 0.2) is 76.6 Å². The quantitative estimate of drug-likeness (QED) is 0.362. The van der Waals surface area contributed by atoms with Gasteiger partial charge in [-0.25, -0.2) is 12.8 Å². The number of carbonyl (C=O) groups is 2. The number of halogens is 1.